The van der Waals surface area contributed by atoms with Crippen LogP contribution in [0.5, 0.6) is 5.88 Å². The van der Waals surface area contributed by atoms with Crippen molar-refractivity contribution in [1.29, 1.82) is 0 Å². The molecule has 0 atom stereocenters. The van der Waals surface area contributed by atoms with E-state index in [-0.39, 0.29) is 4.90 Å². The molecular weight excluding hydrogens is 427 g/mol. The predicted octanol–water partition coefficient (Wildman–Crippen LogP) is 2.16. The Morgan fingerprint density at radius 1 is 0.677 bits per heavy atom. The first-order valence-electron chi connectivity index (χ1n) is 9.69. The van der Waals surface area contributed by atoms with Crippen LogP contribution in [0, 0.1) is 0 Å². The van der Waals surface area contributed by atoms with Crippen LogP contribution in [0.1, 0.15) is 0 Å². The number of hydrogen-bond acceptors (Lipinski definition) is 4. The summed E-state index contributed by atoms with van der Waals surface area (Å²) >= 11 is 1.29. The van der Waals surface area contributed by atoms with Crippen molar-refractivity contribution in [3.63, 3.8) is 0 Å². The van der Waals surface area contributed by atoms with Crippen LogP contribution < -0.4 is 32.3 Å². The van der Waals surface area contributed by atoms with Gasteiger partial charge in [0, 0.05) is 14.1 Å². The second-order valence-corrected chi connectivity index (χ2v) is 12.6. The van der Waals surface area contributed by atoms with Crippen LogP contribution in [0.2, 0.25) is 0 Å². The Hall–Kier alpha value is -3.08. The van der Waals surface area contributed by atoms with Crippen molar-refractivity contribution < 1.29 is 5.11 Å². The normalized spacial score (nSPS) is 11.4. The molecular formula is C24H21N2O3PS. The molecule has 1 aromatic heterocycles. The predicted molar refractivity (Wildman–Crippen MR) is 127 cm³/mol. The molecule has 0 radical (unpaired) electrons. The van der Waals surface area contributed by atoms with Crippen molar-refractivity contribution in [2.45, 2.75) is 4.90 Å². The van der Waals surface area contributed by atoms with Crippen molar-refractivity contribution in [3.8, 4) is 5.88 Å². The van der Waals surface area contributed by atoms with Gasteiger partial charge in [0.25, 0.3) is 5.56 Å². The summed E-state index contributed by atoms with van der Waals surface area (Å²) in [5, 5.41) is 16.2. The SMILES string of the molecule is Cn1c([O-])c(S[P+](c2ccccc2)(c2ccccc2)c2ccccc2)c(=O)n(C)c1=O. The molecule has 5 nitrogen and oxygen atoms in total. The second kappa shape index (κ2) is 8.58. The van der Waals surface area contributed by atoms with Gasteiger partial charge >= 0.3 is 5.69 Å². The lowest BCUT2D eigenvalue weighted by Crippen LogP contribution is -2.40. The van der Waals surface area contributed by atoms with Crippen LogP contribution in [0.25, 0.3) is 0 Å². The third-order valence-corrected chi connectivity index (χ3v) is 12.3. The number of benzene rings is 3. The number of nitrogens with zero attached hydrogens (tertiary/aromatic N) is 2. The van der Waals surface area contributed by atoms with E-state index in [9.17, 15) is 14.7 Å². The molecule has 0 spiro atoms. The third kappa shape index (κ3) is 3.62. The van der Waals surface area contributed by atoms with E-state index in [0.717, 1.165) is 25.0 Å². The van der Waals surface area contributed by atoms with Gasteiger partial charge in [-0.15, -0.1) is 0 Å². The molecule has 3 aromatic carbocycles. The first-order chi connectivity index (χ1) is 15.0. The summed E-state index contributed by atoms with van der Waals surface area (Å²) in [6.45, 7) is -2.50. The van der Waals surface area contributed by atoms with Crippen molar-refractivity contribution in [3.05, 3.63) is 112 Å². The van der Waals surface area contributed by atoms with Gasteiger partial charge in [0.15, 0.2) is 6.46 Å². The second-order valence-electron chi connectivity index (χ2n) is 7.05. The highest BCUT2D eigenvalue weighted by atomic mass is 32.7. The molecule has 0 fully saturated rings. The minimum atomic E-state index is -2.50. The molecule has 0 aliphatic rings. The first-order valence-corrected chi connectivity index (χ1v) is 12.9. The molecule has 0 amide bonds. The fourth-order valence-corrected chi connectivity index (χ4v) is 10.6. The number of aromatic nitrogens is 2. The molecule has 0 aliphatic heterocycles. The molecule has 4 rings (SSSR count). The average molecular weight is 448 g/mol. The minimum absolute atomic E-state index is 0.0505. The van der Waals surface area contributed by atoms with Crippen LogP contribution in [0.4, 0.5) is 0 Å². The number of hydrogen-bond donors (Lipinski definition) is 0. The molecule has 0 saturated heterocycles. The highest BCUT2D eigenvalue weighted by Crippen LogP contribution is 2.69. The van der Waals surface area contributed by atoms with Crippen molar-refractivity contribution >= 4 is 33.8 Å². The maximum Gasteiger partial charge on any atom is 0.329 e. The highest BCUT2D eigenvalue weighted by Gasteiger charge is 2.48. The van der Waals surface area contributed by atoms with E-state index in [1.54, 1.807) is 0 Å². The lowest BCUT2D eigenvalue weighted by molar-refractivity contribution is -0.284. The third-order valence-electron chi connectivity index (χ3n) is 5.16. The Balaban J connectivity index is 2.10. The summed E-state index contributed by atoms with van der Waals surface area (Å²) in [6.07, 6.45) is 0. The average Bonchev–Trinajstić information content (AvgIpc) is 2.83. The van der Waals surface area contributed by atoms with Gasteiger partial charge in [-0.05, 0) is 42.3 Å². The summed E-state index contributed by atoms with van der Waals surface area (Å²) in [5.74, 6) is -0.565. The summed E-state index contributed by atoms with van der Waals surface area (Å²) in [6, 6.07) is 29.9. The lowest BCUT2D eigenvalue weighted by atomic mass is 10.4. The van der Waals surface area contributed by atoms with E-state index < -0.39 is 23.6 Å². The zero-order valence-electron chi connectivity index (χ0n) is 17.1. The molecule has 0 bridgehead atoms. The van der Waals surface area contributed by atoms with Crippen molar-refractivity contribution in [1.82, 2.24) is 9.13 Å². The smallest absolute Gasteiger partial charge is 0.329 e. The van der Waals surface area contributed by atoms with Crippen LogP contribution in [0.3, 0.4) is 0 Å². The number of rotatable bonds is 5. The monoisotopic (exact) mass is 448 g/mol. The molecule has 1 heterocycles. The Morgan fingerprint density at radius 3 is 1.45 bits per heavy atom. The molecule has 156 valence electrons. The maximum absolute atomic E-state index is 13.1. The zero-order valence-corrected chi connectivity index (χ0v) is 18.8. The summed E-state index contributed by atoms with van der Waals surface area (Å²) in [4.78, 5) is 25.4. The molecule has 0 N–H and O–H groups in total. The highest BCUT2D eigenvalue weighted by molar-refractivity contribution is 8.69. The Bertz CT molecular complexity index is 1220. The van der Waals surface area contributed by atoms with Gasteiger partial charge in [0.2, 0.25) is 0 Å². The van der Waals surface area contributed by atoms with E-state index in [1.807, 2.05) is 91.0 Å². The van der Waals surface area contributed by atoms with E-state index in [2.05, 4.69) is 0 Å². The lowest BCUT2D eigenvalue weighted by Gasteiger charge is -2.27. The zero-order chi connectivity index (χ0) is 22.0. The van der Waals surface area contributed by atoms with E-state index in [4.69, 9.17) is 0 Å². The van der Waals surface area contributed by atoms with E-state index in [0.29, 0.717) is 0 Å². The van der Waals surface area contributed by atoms with Gasteiger partial charge in [0.05, 0.1) is 11.4 Å². The Morgan fingerprint density at radius 2 is 1.06 bits per heavy atom. The first kappa shape index (κ1) is 21.2. The van der Waals surface area contributed by atoms with Crippen molar-refractivity contribution in [2.75, 3.05) is 0 Å². The van der Waals surface area contributed by atoms with Gasteiger partial charge in [0.1, 0.15) is 20.8 Å². The van der Waals surface area contributed by atoms with E-state index in [1.165, 1.54) is 25.5 Å². The van der Waals surface area contributed by atoms with Crippen LogP contribution >= 0.6 is 17.8 Å². The largest absolute Gasteiger partial charge is 0.859 e. The molecule has 0 saturated carbocycles. The van der Waals surface area contributed by atoms with Crippen molar-refractivity contribution in [2.24, 2.45) is 14.1 Å². The Labute approximate surface area is 184 Å². The van der Waals surface area contributed by atoms with Gasteiger partial charge in [-0.2, -0.15) is 0 Å². The molecule has 7 heteroatoms. The Kier molecular flexibility index (Phi) is 5.86. The molecule has 4 aromatic rings. The van der Waals surface area contributed by atoms with Gasteiger partial charge in [-0.1, -0.05) is 54.6 Å². The minimum Gasteiger partial charge on any atom is -0.859 e. The van der Waals surface area contributed by atoms with Crippen LogP contribution in [-0.4, -0.2) is 9.13 Å². The van der Waals surface area contributed by atoms with E-state index >= 15 is 0 Å². The summed E-state index contributed by atoms with van der Waals surface area (Å²) < 4.78 is 2.00. The standard InChI is InChI=1S/C24H21N2O3PS/c1-25-22(27)21(23(28)26(2)24(25)29)31-30(18-12-6-3-7-13-18,19-14-8-4-9-15-19)20-16-10-5-11-17-20/h3-17H,1-2H3. The molecule has 0 unspecified atom stereocenters. The van der Waals surface area contributed by atoms with Crippen LogP contribution in [-0.2, 0) is 14.1 Å². The topological polar surface area (TPSA) is 67.1 Å². The fourth-order valence-electron chi connectivity index (χ4n) is 3.53. The quantitative estimate of drug-likeness (QED) is 0.439. The van der Waals surface area contributed by atoms with Gasteiger partial charge in [-0.3, -0.25) is 9.36 Å². The van der Waals surface area contributed by atoms with Gasteiger partial charge in [-0.25, -0.2) is 4.79 Å². The van der Waals surface area contributed by atoms with Crippen LogP contribution in [0.15, 0.2) is 105 Å². The van der Waals surface area contributed by atoms with Gasteiger partial charge < -0.3 is 9.67 Å². The summed E-state index contributed by atoms with van der Waals surface area (Å²) in [7, 11) is 2.81. The molecule has 0 aliphatic carbocycles. The summed E-state index contributed by atoms with van der Waals surface area (Å²) in [5.41, 5.74) is -1.19. The fraction of sp³-hybridized carbons (Fsp3) is 0.0833. The maximum atomic E-state index is 13.1. The molecule has 31 heavy (non-hydrogen) atoms.